The van der Waals surface area contributed by atoms with E-state index >= 15 is 0 Å². The van der Waals surface area contributed by atoms with Crippen molar-refractivity contribution in [2.45, 2.75) is 6.54 Å². The average Bonchev–Trinajstić information content (AvgIpc) is 2.99. The van der Waals surface area contributed by atoms with Crippen LogP contribution in [0.5, 0.6) is 17.2 Å². The Hall–Kier alpha value is -4.80. The second kappa shape index (κ2) is 11.3. The maximum Gasteiger partial charge on any atom is 0.317 e. The molecule has 39 heavy (non-hydrogen) atoms. The third-order valence-electron chi connectivity index (χ3n) is 6.71. The maximum atomic E-state index is 12.9. The number of amides is 2. The number of ether oxygens (including phenoxy) is 3. The van der Waals surface area contributed by atoms with Gasteiger partial charge in [-0.15, -0.1) is 0 Å². The van der Waals surface area contributed by atoms with Crippen molar-refractivity contribution < 1.29 is 19.0 Å². The number of carbonyl (C=O) groups excluding carboxylic acids is 1. The van der Waals surface area contributed by atoms with E-state index in [1.807, 2.05) is 54.6 Å². The van der Waals surface area contributed by atoms with Crippen LogP contribution in [0.4, 0.5) is 16.6 Å². The van der Waals surface area contributed by atoms with Gasteiger partial charge in [0.25, 0.3) is 0 Å². The van der Waals surface area contributed by atoms with Gasteiger partial charge in [0.1, 0.15) is 11.3 Å². The molecule has 5 rings (SSSR count). The van der Waals surface area contributed by atoms with Gasteiger partial charge in [-0.3, -0.25) is 0 Å². The number of methoxy groups -OCH3 is 3. The highest BCUT2D eigenvalue weighted by Gasteiger charge is 2.24. The lowest BCUT2D eigenvalue weighted by Crippen LogP contribution is -2.52. The fraction of sp³-hybridized carbons (Fsp3) is 0.286. The molecule has 4 aromatic rings. The Balaban J connectivity index is 1.33. The van der Waals surface area contributed by atoms with Gasteiger partial charge < -0.3 is 35.1 Å². The average molecular weight is 530 g/mol. The van der Waals surface area contributed by atoms with Crippen molar-refractivity contribution in [1.82, 2.24) is 25.2 Å². The molecule has 1 fully saturated rings. The molecular formula is C28H31N7O4. The first-order valence-corrected chi connectivity index (χ1v) is 12.6. The van der Waals surface area contributed by atoms with Crippen LogP contribution in [0.15, 0.2) is 54.6 Å². The molecule has 2 aromatic carbocycles. The number of nitrogen functional groups attached to an aromatic ring is 1. The molecular weight excluding hydrogens is 498 g/mol. The lowest BCUT2D eigenvalue weighted by molar-refractivity contribution is 0.193. The van der Waals surface area contributed by atoms with Crippen LogP contribution in [0.2, 0.25) is 0 Å². The molecule has 11 nitrogen and oxygen atoms in total. The molecule has 11 heteroatoms. The molecule has 0 radical (unpaired) electrons. The number of nitrogens with zero attached hydrogens (tertiary/aromatic N) is 5. The Morgan fingerprint density at radius 1 is 0.872 bits per heavy atom. The minimum Gasteiger partial charge on any atom is -0.496 e. The Morgan fingerprint density at radius 2 is 1.62 bits per heavy atom. The Kier molecular flexibility index (Phi) is 7.48. The number of benzene rings is 2. The predicted molar refractivity (Wildman–Crippen MR) is 149 cm³/mol. The molecule has 0 unspecified atom stereocenters. The topological polar surface area (TPSA) is 128 Å². The van der Waals surface area contributed by atoms with E-state index in [1.54, 1.807) is 26.2 Å². The maximum absolute atomic E-state index is 12.9. The van der Waals surface area contributed by atoms with E-state index in [-0.39, 0.29) is 12.0 Å². The smallest absolute Gasteiger partial charge is 0.317 e. The second-order valence-corrected chi connectivity index (χ2v) is 8.98. The number of hydrogen-bond acceptors (Lipinski definition) is 9. The van der Waals surface area contributed by atoms with Gasteiger partial charge >= 0.3 is 6.03 Å². The highest BCUT2D eigenvalue weighted by molar-refractivity contribution is 5.89. The van der Waals surface area contributed by atoms with Gasteiger partial charge in [0.15, 0.2) is 17.3 Å². The number of piperazine rings is 1. The number of rotatable bonds is 7. The van der Waals surface area contributed by atoms with Crippen molar-refractivity contribution in [2.75, 3.05) is 58.1 Å². The summed E-state index contributed by atoms with van der Waals surface area (Å²) >= 11 is 0. The van der Waals surface area contributed by atoms with E-state index in [0.29, 0.717) is 61.1 Å². The molecule has 0 spiro atoms. The zero-order chi connectivity index (χ0) is 27.4. The van der Waals surface area contributed by atoms with Gasteiger partial charge in [0.05, 0.1) is 32.5 Å². The molecule has 1 aliphatic heterocycles. The van der Waals surface area contributed by atoms with E-state index in [9.17, 15) is 4.79 Å². The zero-order valence-electron chi connectivity index (χ0n) is 22.2. The van der Waals surface area contributed by atoms with Crippen LogP contribution in [-0.4, -0.2) is 73.4 Å². The lowest BCUT2D eigenvalue weighted by Gasteiger charge is -2.35. The predicted octanol–water partition coefficient (Wildman–Crippen LogP) is 3.33. The largest absolute Gasteiger partial charge is 0.496 e. The molecule has 3 N–H and O–H groups in total. The number of fused-ring (bicyclic) bond motifs is 1. The third kappa shape index (κ3) is 5.42. The minimum atomic E-state index is -0.124. The number of carbonyl (C=O) groups is 1. The zero-order valence-corrected chi connectivity index (χ0v) is 22.2. The monoisotopic (exact) mass is 529 g/mol. The van der Waals surface area contributed by atoms with Crippen molar-refractivity contribution in [3.63, 3.8) is 0 Å². The molecule has 0 atom stereocenters. The Morgan fingerprint density at radius 3 is 2.36 bits per heavy atom. The molecule has 0 saturated carbocycles. The van der Waals surface area contributed by atoms with Gasteiger partial charge in [-0.05, 0) is 36.4 Å². The Labute approximate surface area is 226 Å². The van der Waals surface area contributed by atoms with Crippen LogP contribution in [0.25, 0.3) is 22.3 Å². The first-order chi connectivity index (χ1) is 19.0. The number of nitrogens with two attached hydrogens (primary N) is 1. The number of hydrogen-bond donors (Lipinski definition) is 2. The summed E-state index contributed by atoms with van der Waals surface area (Å²) < 4.78 is 16.2. The number of anilines is 2. The first kappa shape index (κ1) is 25.8. The van der Waals surface area contributed by atoms with E-state index < -0.39 is 0 Å². The molecule has 202 valence electrons. The Bertz CT molecular complexity index is 1490. The van der Waals surface area contributed by atoms with E-state index in [4.69, 9.17) is 24.9 Å². The van der Waals surface area contributed by atoms with Crippen molar-refractivity contribution in [3.8, 4) is 28.5 Å². The van der Waals surface area contributed by atoms with Gasteiger partial charge in [0, 0.05) is 43.9 Å². The quantitative estimate of drug-likeness (QED) is 0.370. The third-order valence-corrected chi connectivity index (χ3v) is 6.71. The van der Waals surface area contributed by atoms with Crippen LogP contribution in [0, 0.1) is 0 Å². The van der Waals surface area contributed by atoms with Gasteiger partial charge in [0.2, 0.25) is 5.95 Å². The van der Waals surface area contributed by atoms with Crippen LogP contribution in [0.3, 0.4) is 0 Å². The first-order valence-electron chi connectivity index (χ1n) is 12.6. The number of nitrogens with one attached hydrogen (secondary N) is 1. The summed E-state index contributed by atoms with van der Waals surface area (Å²) in [5.41, 5.74) is 9.88. The van der Waals surface area contributed by atoms with E-state index in [1.165, 1.54) is 0 Å². The van der Waals surface area contributed by atoms with Crippen LogP contribution < -0.4 is 30.2 Å². The highest BCUT2D eigenvalue weighted by atomic mass is 16.5. The summed E-state index contributed by atoms with van der Waals surface area (Å²) in [6.45, 7) is 2.60. The van der Waals surface area contributed by atoms with E-state index in [2.05, 4.69) is 20.2 Å². The SMILES string of the molecule is COc1ccccc1CNC(=O)N1CCN(c2nc(N)nc3ccc(-c4ccc(OC)c(OC)c4)nc23)CC1. The second-order valence-electron chi connectivity index (χ2n) is 8.98. The summed E-state index contributed by atoms with van der Waals surface area (Å²) in [5, 5.41) is 2.99. The normalized spacial score (nSPS) is 13.3. The molecule has 2 amide bonds. The summed E-state index contributed by atoms with van der Waals surface area (Å²) in [6, 6.07) is 16.9. The van der Waals surface area contributed by atoms with Gasteiger partial charge in [-0.2, -0.15) is 4.98 Å². The van der Waals surface area contributed by atoms with Crippen molar-refractivity contribution in [3.05, 3.63) is 60.2 Å². The van der Waals surface area contributed by atoms with E-state index in [0.717, 1.165) is 22.6 Å². The van der Waals surface area contributed by atoms with Gasteiger partial charge in [-0.1, -0.05) is 18.2 Å². The molecule has 1 saturated heterocycles. The fourth-order valence-corrected chi connectivity index (χ4v) is 4.65. The summed E-state index contributed by atoms with van der Waals surface area (Å²) in [4.78, 5) is 30.6. The lowest BCUT2D eigenvalue weighted by atomic mass is 10.1. The van der Waals surface area contributed by atoms with Crippen molar-refractivity contribution >= 4 is 28.8 Å². The summed E-state index contributed by atoms with van der Waals surface area (Å²) in [5.74, 6) is 2.83. The standard InChI is InChI=1S/C28H31N7O4/c1-37-22-7-5-4-6-19(22)17-30-28(36)35-14-12-34(13-15-35)26-25-21(32-27(29)33-26)10-9-20(31-25)18-8-11-23(38-2)24(16-18)39-3/h4-11,16H,12-15,17H2,1-3H3,(H,30,36)(H2,29,32,33). The fourth-order valence-electron chi connectivity index (χ4n) is 4.65. The number of para-hydroxylation sites is 1. The number of aromatic nitrogens is 3. The van der Waals surface area contributed by atoms with Crippen LogP contribution in [-0.2, 0) is 6.54 Å². The highest BCUT2D eigenvalue weighted by Crippen LogP contribution is 2.33. The molecule has 2 aromatic heterocycles. The van der Waals surface area contributed by atoms with Gasteiger partial charge in [-0.25, -0.2) is 14.8 Å². The molecule has 3 heterocycles. The number of urea groups is 1. The molecule has 1 aliphatic rings. The van der Waals surface area contributed by atoms with Crippen LogP contribution in [0.1, 0.15) is 5.56 Å². The number of pyridine rings is 1. The summed E-state index contributed by atoms with van der Waals surface area (Å²) in [6.07, 6.45) is 0. The molecule has 0 bridgehead atoms. The minimum absolute atomic E-state index is 0.124. The van der Waals surface area contributed by atoms with Crippen molar-refractivity contribution in [2.24, 2.45) is 0 Å². The summed E-state index contributed by atoms with van der Waals surface area (Å²) in [7, 11) is 4.82. The van der Waals surface area contributed by atoms with Crippen LogP contribution >= 0.6 is 0 Å². The molecule has 0 aliphatic carbocycles. The van der Waals surface area contributed by atoms with Crippen molar-refractivity contribution in [1.29, 1.82) is 0 Å².